The van der Waals surface area contributed by atoms with Crippen LogP contribution in [0, 0.1) is 10.1 Å². The maximum absolute atomic E-state index is 12.1. The monoisotopic (exact) mass is 305 g/mol. The molecular formula is C10H15N3O4S2. The molecule has 7 nitrogen and oxygen atoms in total. The molecule has 0 spiro atoms. The molecule has 19 heavy (non-hydrogen) atoms. The van der Waals surface area contributed by atoms with Gasteiger partial charge >= 0.3 is 0 Å². The van der Waals surface area contributed by atoms with E-state index in [1.165, 1.54) is 23.9 Å². The second-order valence-electron chi connectivity index (χ2n) is 3.96. The predicted molar refractivity (Wildman–Crippen MR) is 75.7 cm³/mol. The van der Waals surface area contributed by atoms with E-state index in [2.05, 4.69) is 4.72 Å². The topological polar surface area (TPSA) is 115 Å². The van der Waals surface area contributed by atoms with Crippen LogP contribution < -0.4 is 10.5 Å². The molecule has 0 aliphatic heterocycles. The summed E-state index contributed by atoms with van der Waals surface area (Å²) in [6, 6.07) is 3.05. The van der Waals surface area contributed by atoms with Crippen molar-refractivity contribution in [2.45, 2.75) is 17.9 Å². The Morgan fingerprint density at radius 3 is 2.68 bits per heavy atom. The third kappa shape index (κ3) is 4.08. The lowest BCUT2D eigenvalue weighted by Gasteiger charge is -2.14. The van der Waals surface area contributed by atoms with Gasteiger partial charge in [-0.3, -0.25) is 10.1 Å². The molecule has 9 heteroatoms. The number of rotatable bonds is 6. The number of nitrogens with zero attached hydrogens (tertiary/aromatic N) is 1. The number of non-ortho nitro benzene ring substituents is 1. The number of hydrogen-bond donors (Lipinski definition) is 2. The fourth-order valence-electron chi connectivity index (χ4n) is 1.48. The quantitative estimate of drug-likeness (QED) is 0.463. The van der Waals surface area contributed by atoms with Gasteiger partial charge in [0.25, 0.3) is 5.69 Å². The van der Waals surface area contributed by atoms with Crippen molar-refractivity contribution in [1.29, 1.82) is 0 Å². The second-order valence-corrected chi connectivity index (χ2v) is 6.55. The zero-order valence-electron chi connectivity index (χ0n) is 10.5. The first kappa shape index (κ1) is 15.7. The van der Waals surface area contributed by atoms with Gasteiger partial charge in [-0.05, 0) is 19.2 Å². The Balaban J connectivity index is 3.13. The molecule has 0 fully saturated rings. The Hall–Kier alpha value is -1.32. The van der Waals surface area contributed by atoms with Crippen LogP contribution in [-0.2, 0) is 10.0 Å². The summed E-state index contributed by atoms with van der Waals surface area (Å²) >= 11 is 1.49. The Morgan fingerprint density at radius 2 is 2.16 bits per heavy atom. The van der Waals surface area contributed by atoms with Gasteiger partial charge in [0.2, 0.25) is 10.0 Å². The van der Waals surface area contributed by atoms with E-state index in [-0.39, 0.29) is 22.3 Å². The van der Waals surface area contributed by atoms with Gasteiger partial charge in [0.05, 0.1) is 10.6 Å². The normalized spacial score (nSPS) is 13.2. The van der Waals surface area contributed by atoms with Crippen LogP contribution in [-0.4, -0.2) is 31.4 Å². The highest BCUT2D eigenvalue weighted by atomic mass is 32.2. The van der Waals surface area contributed by atoms with E-state index in [0.717, 1.165) is 6.07 Å². The maximum Gasteiger partial charge on any atom is 0.270 e. The number of anilines is 1. The fraction of sp³-hybridized carbons (Fsp3) is 0.400. The summed E-state index contributed by atoms with van der Waals surface area (Å²) in [5.74, 6) is 0.591. The van der Waals surface area contributed by atoms with Crippen molar-refractivity contribution in [2.75, 3.05) is 17.7 Å². The van der Waals surface area contributed by atoms with Gasteiger partial charge in [-0.2, -0.15) is 11.8 Å². The van der Waals surface area contributed by atoms with E-state index < -0.39 is 14.9 Å². The average molecular weight is 305 g/mol. The van der Waals surface area contributed by atoms with Crippen molar-refractivity contribution >= 4 is 33.2 Å². The lowest BCUT2D eigenvalue weighted by molar-refractivity contribution is -0.385. The lowest BCUT2D eigenvalue weighted by atomic mass is 10.3. The SMILES string of the molecule is CSCC(C)NS(=O)(=O)c1cc([N+](=O)[O-])ccc1N. The molecule has 1 aromatic rings. The lowest BCUT2D eigenvalue weighted by Crippen LogP contribution is -2.34. The van der Waals surface area contributed by atoms with Crippen LogP contribution in [0.1, 0.15) is 6.92 Å². The van der Waals surface area contributed by atoms with E-state index in [4.69, 9.17) is 5.73 Å². The highest BCUT2D eigenvalue weighted by Gasteiger charge is 2.22. The van der Waals surface area contributed by atoms with Gasteiger partial charge in [0, 0.05) is 23.9 Å². The smallest absolute Gasteiger partial charge is 0.270 e. The summed E-state index contributed by atoms with van der Waals surface area (Å²) in [7, 11) is -3.86. The molecule has 1 aromatic carbocycles. The van der Waals surface area contributed by atoms with Crippen LogP contribution in [0.15, 0.2) is 23.1 Å². The fourth-order valence-corrected chi connectivity index (χ4v) is 3.56. The molecular weight excluding hydrogens is 290 g/mol. The summed E-state index contributed by atoms with van der Waals surface area (Å²) < 4.78 is 26.6. The van der Waals surface area contributed by atoms with Crippen LogP contribution >= 0.6 is 11.8 Å². The van der Waals surface area contributed by atoms with Crippen LogP contribution in [0.4, 0.5) is 11.4 Å². The van der Waals surface area contributed by atoms with E-state index in [1.54, 1.807) is 6.92 Å². The molecule has 0 aliphatic carbocycles. The molecule has 3 N–H and O–H groups in total. The Morgan fingerprint density at radius 1 is 1.53 bits per heavy atom. The Bertz CT molecular complexity index is 574. The first-order valence-electron chi connectivity index (χ1n) is 5.33. The van der Waals surface area contributed by atoms with Crippen molar-refractivity contribution in [2.24, 2.45) is 0 Å². The molecule has 0 radical (unpaired) electrons. The zero-order chi connectivity index (χ0) is 14.6. The molecule has 0 saturated carbocycles. The van der Waals surface area contributed by atoms with Gasteiger partial charge in [0.15, 0.2) is 0 Å². The minimum atomic E-state index is -3.86. The maximum atomic E-state index is 12.1. The standard InChI is InChI=1S/C10H15N3O4S2/c1-7(6-18-2)12-19(16,17)10-5-8(13(14)15)3-4-9(10)11/h3-5,7,12H,6,11H2,1-2H3. The average Bonchev–Trinajstić information content (AvgIpc) is 2.28. The summed E-state index contributed by atoms with van der Waals surface area (Å²) in [5.41, 5.74) is 5.25. The number of nitrogens with one attached hydrogen (secondary N) is 1. The molecule has 0 bridgehead atoms. The number of nitrogens with two attached hydrogens (primary N) is 1. The first-order chi connectivity index (χ1) is 8.77. The summed E-state index contributed by atoms with van der Waals surface area (Å²) in [6.07, 6.45) is 1.85. The Kier molecular flexibility index (Phi) is 5.15. The highest BCUT2D eigenvalue weighted by molar-refractivity contribution is 7.98. The van der Waals surface area contributed by atoms with Crippen LogP contribution in [0.5, 0.6) is 0 Å². The zero-order valence-corrected chi connectivity index (χ0v) is 12.1. The first-order valence-corrected chi connectivity index (χ1v) is 8.21. The molecule has 0 heterocycles. The van der Waals surface area contributed by atoms with E-state index >= 15 is 0 Å². The number of thioether (sulfide) groups is 1. The molecule has 0 aliphatic rings. The van der Waals surface area contributed by atoms with Crippen molar-refractivity contribution in [3.63, 3.8) is 0 Å². The van der Waals surface area contributed by atoms with E-state index in [0.29, 0.717) is 5.75 Å². The molecule has 1 atom stereocenters. The molecule has 1 rings (SSSR count). The highest BCUT2D eigenvalue weighted by Crippen LogP contribution is 2.24. The Labute approximate surface area is 115 Å². The number of nitrogen functional groups attached to an aromatic ring is 1. The van der Waals surface area contributed by atoms with Gasteiger partial charge in [-0.25, -0.2) is 13.1 Å². The second kappa shape index (κ2) is 6.22. The van der Waals surface area contributed by atoms with Gasteiger partial charge in [-0.15, -0.1) is 0 Å². The van der Waals surface area contributed by atoms with Crippen LogP contribution in [0.25, 0.3) is 0 Å². The number of nitro groups is 1. The van der Waals surface area contributed by atoms with Gasteiger partial charge in [-0.1, -0.05) is 0 Å². The van der Waals surface area contributed by atoms with Crippen LogP contribution in [0.2, 0.25) is 0 Å². The number of nitro benzene ring substituents is 1. The predicted octanol–water partition coefficient (Wildman–Crippen LogP) is 1.21. The van der Waals surface area contributed by atoms with Crippen LogP contribution in [0.3, 0.4) is 0 Å². The molecule has 106 valence electrons. The largest absolute Gasteiger partial charge is 0.398 e. The minimum Gasteiger partial charge on any atom is -0.398 e. The minimum absolute atomic E-state index is 0.0190. The van der Waals surface area contributed by atoms with Crippen molar-refractivity contribution < 1.29 is 13.3 Å². The number of hydrogen-bond acceptors (Lipinski definition) is 6. The van der Waals surface area contributed by atoms with Crippen molar-refractivity contribution in [3.8, 4) is 0 Å². The third-order valence-corrected chi connectivity index (χ3v) is 4.75. The van der Waals surface area contributed by atoms with Crippen molar-refractivity contribution in [3.05, 3.63) is 28.3 Å². The third-order valence-electron chi connectivity index (χ3n) is 2.27. The van der Waals surface area contributed by atoms with E-state index in [9.17, 15) is 18.5 Å². The molecule has 0 amide bonds. The van der Waals surface area contributed by atoms with E-state index in [1.807, 2.05) is 6.26 Å². The van der Waals surface area contributed by atoms with Gasteiger partial charge in [0.1, 0.15) is 4.90 Å². The molecule has 0 aromatic heterocycles. The molecule has 0 saturated heterocycles. The summed E-state index contributed by atoms with van der Waals surface area (Å²) in [5, 5.41) is 10.7. The number of sulfonamides is 1. The summed E-state index contributed by atoms with van der Waals surface area (Å²) in [6.45, 7) is 1.71. The molecule has 1 unspecified atom stereocenters. The number of benzene rings is 1. The van der Waals surface area contributed by atoms with Crippen molar-refractivity contribution in [1.82, 2.24) is 4.72 Å². The summed E-state index contributed by atoms with van der Waals surface area (Å²) in [4.78, 5) is 9.73. The van der Waals surface area contributed by atoms with Gasteiger partial charge < -0.3 is 5.73 Å².